The van der Waals surface area contributed by atoms with Gasteiger partial charge in [0.25, 0.3) is 5.91 Å². The van der Waals surface area contributed by atoms with Gasteiger partial charge in [-0.15, -0.1) is 10.2 Å². The number of nitrogens with one attached hydrogen (secondary N) is 1. The molecule has 43 heavy (non-hydrogen) atoms. The van der Waals surface area contributed by atoms with Crippen LogP contribution in [0.15, 0.2) is 84.0 Å². The van der Waals surface area contributed by atoms with Crippen LogP contribution < -0.4 is 14.8 Å². The predicted octanol–water partition coefficient (Wildman–Crippen LogP) is 5.18. The van der Waals surface area contributed by atoms with Crippen molar-refractivity contribution in [1.29, 1.82) is 0 Å². The maximum atomic E-state index is 13.2. The fourth-order valence-corrected chi connectivity index (χ4v) is 6.05. The van der Waals surface area contributed by atoms with Gasteiger partial charge in [0.1, 0.15) is 11.5 Å². The summed E-state index contributed by atoms with van der Waals surface area (Å²) in [7, 11) is 1.58. The van der Waals surface area contributed by atoms with Crippen molar-refractivity contribution in [3.63, 3.8) is 0 Å². The van der Waals surface area contributed by atoms with Crippen LogP contribution in [-0.2, 0) is 17.8 Å². The van der Waals surface area contributed by atoms with E-state index in [9.17, 15) is 9.59 Å². The van der Waals surface area contributed by atoms with E-state index in [2.05, 4.69) is 39.8 Å². The maximum absolute atomic E-state index is 13.2. The zero-order chi connectivity index (χ0) is 30.0. The van der Waals surface area contributed by atoms with Crippen LogP contribution in [0, 0.1) is 5.92 Å². The van der Waals surface area contributed by atoms with Gasteiger partial charge in [-0.2, -0.15) is 0 Å². The highest BCUT2D eigenvalue weighted by Gasteiger charge is 2.24. The summed E-state index contributed by atoms with van der Waals surface area (Å²) in [5.41, 5.74) is 2.69. The number of methoxy groups -OCH3 is 1. The van der Waals surface area contributed by atoms with Gasteiger partial charge < -0.3 is 19.7 Å². The summed E-state index contributed by atoms with van der Waals surface area (Å²) in [6, 6.07) is 25.1. The molecule has 0 radical (unpaired) electrons. The molecule has 9 nitrogen and oxygen atoms in total. The first kappa shape index (κ1) is 30.2. The molecule has 1 saturated heterocycles. The number of amides is 2. The number of carbonyl (C=O) groups excluding carboxylic acids is 2. The monoisotopic (exact) mass is 599 g/mol. The molecule has 1 aromatic heterocycles. The number of hydrogen-bond donors (Lipinski definition) is 1. The lowest BCUT2D eigenvalue weighted by Crippen LogP contribution is -2.39. The van der Waals surface area contributed by atoms with Crippen LogP contribution in [0.5, 0.6) is 11.5 Å². The second-order valence-electron chi connectivity index (χ2n) is 10.4. The minimum absolute atomic E-state index is 0.0961. The molecule has 224 valence electrons. The summed E-state index contributed by atoms with van der Waals surface area (Å²) in [5, 5.41) is 12.3. The predicted molar refractivity (Wildman–Crippen MR) is 167 cm³/mol. The Kier molecular flexibility index (Phi) is 10.3. The molecule has 1 aliphatic heterocycles. The zero-order valence-electron chi connectivity index (χ0n) is 24.6. The first-order chi connectivity index (χ1) is 21.0. The van der Waals surface area contributed by atoms with E-state index < -0.39 is 0 Å². The molecule has 0 unspecified atom stereocenters. The van der Waals surface area contributed by atoms with Gasteiger partial charge in [-0.1, -0.05) is 42.1 Å². The summed E-state index contributed by atoms with van der Waals surface area (Å²) < 4.78 is 12.7. The highest BCUT2D eigenvalue weighted by Crippen LogP contribution is 2.26. The Balaban J connectivity index is 1.23. The van der Waals surface area contributed by atoms with Crippen molar-refractivity contribution in [1.82, 2.24) is 25.0 Å². The number of ether oxygens (including phenoxy) is 2. The van der Waals surface area contributed by atoms with E-state index in [1.807, 2.05) is 46.7 Å². The second kappa shape index (κ2) is 14.7. The van der Waals surface area contributed by atoms with Crippen molar-refractivity contribution in [3.05, 3.63) is 95.8 Å². The molecular weight excluding hydrogens is 562 g/mol. The molecule has 2 amide bonds. The highest BCUT2D eigenvalue weighted by atomic mass is 32.2. The molecule has 1 aliphatic rings. The molecular formula is C33H37N5O4S. The van der Waals surface area contributed by atoms with Crippen molar-refractivity contribution in [2.75, 3.05) is 32.6 Å². The van der Waals surface area contributed by atoms with Gasteiger partial charge in [-0.3, -0.25) is 14.2 Å². The average molecular weight is 600 g/mol. The fourth-order valence-electron chi connectivity index (χ4n) is 5.18. The van der Waals surface area contributed by atoms with E-state index in [4.69, 9.17) is 9.47 Å². The number of hydrogen-bond acceptors (Lipinski definition) is 7. The first-order valence-electron chi connectivity index (χ1n) is 14.6. The Labute approximate surface area is 256 Å². The second-order valence-corrected chi connectivity index (χ2v) is 11.3. The Hall–Kier alpha value is -4.31. The summed E-state index contributed by atoms with van der Waals surface area (Å²) in [4.78, 5) is 28.0. The minimum atomic E-state index is -0.232. The lowest BCUT2D eigenvalue weighted by Gasteiger charge is -2.32. The van der Waals surface area contributed by atoms with Gasteiger partial charge >= 0.3 is 0 Å². The van der Waals surface area contributed by atoms with Crippen molar-refractivity contribution in [2.24, 2.45) is 5.92 Å². The third-order valence-electron chi connectivity index (χ3n) is 7.52. The van der Waals surface area contributed by atoms with Crippen molar-refractivity contribution in [2.45, 2.75) is 37.9 Å². The Morgan fingerprint density at radius 1 is 0.930 bits per heavy atom. The zero-order valence-corrected chi connectivity index (χ0v) is 25.4. The molecule has 0 bridgehead atoms. The summed E-state index contributed by atoms with van der Waals surface area (Å²) in [6.45, 7) is 4.21. The fraction of sp³-hybridized carbons (Fsp3) is 0.333. The standard InChI is InChI=1S/C33H37N5O4S/c1-3-42-29-15-11-27(12-16-29)38-30(22-34-32(40)26-9-13-28(41-2)14-10-26)35-36-33(38)43-23-31(39)37-19-17-25(18-20-37)21-24-7-5-4-6-8-24/h4-16,25H,3,17-23H2,1-2H3,(H,34,40). The van der Waals surface area contributed by atoms with E-state index in [0.717, 1.165) is 43.8 Å². The Morgan fingerprint density at radius 2 is 1.63 bits per heavy atom. The number of carbonyl (C=O) groups is 2. The quantitative estimate of drug-likeness (QED) is 0.224. The minimum Gasteiger partial charge on any atom is -0.497 e. The van der Waals surface area contributed by atoms with Gasteiger partial charge in [0, 0.05) is 24.3 Å². The number of rotatable bonds is 12. The van der Waals surface area contributed by atoms with Crippen LogP contribution in [0.1, 0.15) is 41.5 Å². The Morgan fingerprint density at radius 3 is 2.30 bits per heavy atom. The van der Waals surface area contributed by atoms with Crippen molar-refractivity contribution >= 4 is 23.6 Å². The highest BCUT2D eigenvalue weighted by molar-refractivity contribution is 7.99. The molecule has 0 atom stereocenters. The van der Waals surface area contributed by atoms with Crippen LogP contribution >= 0.6 is 11.8 Å². The smallest absolute Gasteiger partial charge is 0.251 e. The number of nitrogens with zero attached hydrogens (tertiary/aromatic N) is 4. The third-order valence-corrected chi connectivity index (χ3v) is 8.44. The van der Waals surface area contributed by atoms with E-state index in [0.29, 0.717) is 34.8 Å². The molecule has 0 spiro atoms. The SMILES string of the molecule is CCOc1ccc(-n2c(CNC(=O)c3ccc(OC)cc3)nnc2SCC(=O)N2CCC(Cc3ccccc3)CC2)cc1. The number of benzene rings is 3. The Bertz CT molecular complexity index is 1480. The van der Waals surface area contributed by atoms with Crippen molar-refractivity contribution in [3.8, 4) is 17.2 Å². The van der Waals surface area contributed by atoms with Gasteiger partial charge in [-0.05, 0) is 86.2 Å². The van der Waals surface area contributed by atoms with Gasteiger partial charge in [0.15, 0.2) is 11.0 Å². The summed E-state index contributed by atoms with van der Waals surface area (Å²) >= 11 is 1.36. The van der Waals surface area contributed by atoms with E-state index in [1.165, 1.54) is 17.3 Å². The summed E-state index contributed by atoms with van der Waals surface area (Å²) in [6.07, 6.45) is 3.07. The lowest BCUT2D eigenvalue weighted by atomic mass is 9.90. The molecule has 1 fully saturated rings. The van der Waals surface area contributed by atoms with Crippen LogP contribution in [0.25, 0.3) is 5.69 Å². The van der Waals surface area contributed by atoms with Crippen LogP contribution in [-0.4, -0.2) is 64.0 Å². The van der Waals surface area contributed by atoms with Gasteiger partial charge in [0.05, 0.1) is 26.0 Å². The number of aromatic nitrogens is 3. The maximum Gasteiger partial charge on any atom is 0.251 e. The topological polar surface area (TPSA) is 98.6 Å². The van der Waals surface area contributed by atoms with E-state index >= 15 is 0 Å². The van der Waals surface area contributed by atoms with Crippen LogP contribution in [0.4, 0.5) is 0 Å². The van der Waals surface area contributed by atoms with Gasteiger partial charge in [-0.25, -0.2) is 0 Å². The van der Waals surface area contributed by atoms with Crippen LogP contribution in [0.3, 0.4) is 0 Å². The lowest BCUT2D eigenvalue weighted by molar-refractivity contribution is -0.129. The molecule has 4 aromatic rings. The third kappa shape index (κ3) is 7.95. The molecule has 3 aromatic carbocycles. The van der Waals surface area contributed by atoms with E-state index in [-0.39, 0.29) is 24.1 Å². The normalized spacial score (nSPS) is 13.5. The largest absolute Gasteiger partial charge is 0.497 e. The first-order valence-corrected chi connectivity index (χ1v) is 15.6. The number of thioether (sulfide) groups is 1. The molecule has 5 rings (SSSR count). The number of likely N-dealkylation sites (tertiary alicyclic amines) is 1. The number of piperidine rings is 1. The molecule has 10 heteroatoms. The molecule has 0 aliphatic carbocycles. The molecule has 2 heterocycles. The van der Waals surface area contributed by atoms with Crippen LogP contribution in [0.2, 0.25) is 0 Å². The molecule has 0 saturated carbocycles. The van der Waals surface area contributed by atoms with E-state index in [1.54, 1.807) is 31.4 Å². The van der Waals surface area contributed by atoms with Gasteiger partial charge in [0.2, 0.25) is 5.91 Å². The van der Waals surface area contributed by atoms with Crippen molar-refractivity contribution < 1.29 is 19.1 Å². The molecule has 1 N–H and O–H groups in total. The summed E-state index contributed by atoms with van der Waals surface area (Å²) in [5.74, 6) is 2.72. The average Bonchev–Trinajstić information content (AvgIpc) is 3.46.